The molecule has 172 valence electrons. The highest BCUT2D eigenvalue weighted by Gasteiger charge is 2.26. The molecule has 0 atom stereocenters. The van der Waals surface area contributed by atoms with Gasteiger partial charge in [-0.05, 0) is 24.6 Å². The first kappa shape index (κ1) is 20.6. The van der Waals surface area contributed by atoms with Crippen molar-refractivity contribution in [3.63, 3.8) is 0 Å². The number of nitrogens with one attached hydrogen (secondary N) is 1. The predicted molar refractivity (Wildman–Crippen MR) is 125 cm³/mol. The average molecular weight is 458 g/mol. The van der Waals surface area contributed by atoms with E-state index in [2.05, 4.69) is 10.1 Å². The first-order valence-electron chi connectivity index (χ1n) is 11.0. The van der Waals surface area contributed by atoms with Crippen molar-refractivity contribution in [2.24, 2.45) is 0 Å². The Morgan fingerprint density at radius 3 is 2.65 bits per heavy atom. The zero-order valence-electron chi connectivity index (χ0n) is 18.7. The summed E-state index contributed by atoms with van der Waals surface area (Å²) < 4.78 is 24.0. The van der Waals surface area contributed by atoms with E-state index in [1.54, 1.807) is 19.2 Å². The molecule has 4 heterocycles. The van der Waals surface area contributed by atoms with Crippen LogP contribution in [-0.2, 0) is 16.1 Å². The number of para-hydroxylation sites is 1. The number of fused-ring (bicyclic) bond motifs is 2. The standard InChI is InChI=1S/C25H22N4O5/c1-14-20(15-7-4-3-5-8-15)23-26-17(13-33-16-11-32-12-16)21(25(30)29(23)28-14)24-27-22-18(31-2)9-6-10-19(22)34-24/h3-10,16,28H,11-13H2,1-2H3. The van der Waals surface area contributed by atoms with Gasteiger partial charge in [-0.3, -0.25) is 9.89 Å². The maximum atomic E-state index is 13.8. The van der Waals surface area contributed by atoms with Crippen LogP contribution in [-0.4, -0.2) is 46.0 Å². The lowest BCUT2D eigenvalue weighted by molar-refractivity contribution is -0.135. The topological polar surface area (TPSA) is 104 Å². The van der Waals surface area contributed by atoms with E-state index in [9.17, 15) is 4.79 Å². The Hall–Kier alpha value is -3.95. The van der Waals surface area contributed by atoms with Crippen LogP contribution in [0.15, 0.2) is 57.7 Å². The minimum atomic E-state index is -0.315. The molecule has 1 N–H and O–H groups in total. The van der Waals surface area contributed by atoms with Crippen LogP contribution < -0.4 is 10.3 Å². The number of aromatic nitrogens is 4. The Kier molecular flexibility index (Phi) is 4.93. The minimum Gasteiger partial charge on any atom is -0.494 e. The van der Waals surface area contributed by atoms with Crippen molar-refractivity contribution >= 4 is 16.7 Å². The van der Waals surface area contributed by atoms with Crippen molar-refractivity contribution in [1.82, 2.24) is 19.6 Å². The van der Waals surface area contributed by atoms with Crippen LogP contribution in [0.5, 0.6) is 5.75 Å². The summed E-state index contributed by atoms with van der Waals surface area (Å²) in [6.45, 7) is 3.09. The minimum absolute atomic E-state index is 0.0293. The first-order valence-corrected chi connectivity index (χ1v) is 11.0. The molecule has 9 nitrogen and oxygen atoms in total. The molecule has 0 saturated carbocycles. The lowest BCUT2D eigenvalue weighted by Crippen LogP contribution is -2.36. The van der Waals surface area contributed by atoms with Crippen molar-refractivity contribution in [1.29, 1.82) is 0 Å². The van der Waals surface area contributed by atoms with Gasteiger partial charge < -0.3 is 18.6 Å². The molecule has 0 unspecified atom stereocenters. The van der Waals surface area contributed by atoms with Gasteiger partial charge in [0.2, 0.25) is 5.89 Å². The number of hydrogen-bond acceptors (Lipinski definition) is 7. The summed E-state index contributed by atoms with van der Waals surface area (Å²) >= 11 is 0. The summed E-state index contributed by atoms with van der Waals surface area (Å²) in [6.07, 6.45) is -0.0293. The first-order chi connectivity index (χ1) is 16.6. The number of hydrogen-bond donors (Lipinski definition) is 1. The van der Waals surface area contributed by atoms with Gasteiger partial charge in [-0.15, -0.1) is 0 Å². The van der Waals surface area contributed by atoms with Crippen LogP contribution in [0.1, 0.15) is 11.4 Å². The molecule has 5 aromatic rings. The maximum Gasteiger partial charge on any atom is 0.285 e. The third-order valence-electron chi connectivity index (χ3n) is 5.98. The molecule has 0 radical (unpaired) electrons. The van der Waals surface area contributed by atoms with Crippen LogP contribution in [0.4, 0.5) is 0 Å². The highest BCUT2D eigenvalue weighted by Crippen LogP contribution is 2.32. The summed E-state index contributed by atoms with van der Waals surface area (Å²) in [7, 11) is 1.57. The molecule has 1 fully saturated rings. The summed E-state index contributed by atoms with van der Waals surface area (Å²) in [4.78, 5) is 23.3. The van der Waals surface area contributed by atoms with Gasteiger partial charge in [0.1, 0.15) is 17.4 Å². The van der Waals surface area contributed by atoms with Gasteiger partial charge in [0.15, 0.2) is 16.7 Å². The average Bonchev–Trinajstić information content (AvgIpc) is 3.39. The molecular formula is C25H22N4O5. The van der Waals surface area contributed by atoms with Crippen LogP contribution in [0.3, 0.4) is 0 Å². The van der Waals surface area contributed by atoms with E-state index in [1.807, 2.05) is 43.3 Å². The van der Waals surface area contributed by atoms with E-state index in [0.29, 0.717) is 41.4 Å². The summed E-state index contributed by atoms with van der Waals surface area (Å²) in [5.74, 6) is 0.733. The normalized spacial score (nSPS) is 14.1. The Balaban J connectivity index is 1.58. The van der Waals surface area contributed by atoms with E-state index in [-0.39, 0.29) is 29.7 Å². The van der Waals surface area contributed by atoms with Gasteiger partial charge in [0, 0.05) is 11.3 Å². The Morgan fingerprint density at radius 1 is 1.09 bits per heavy atom. The van der Waals surface area contributed by atoms with Crippen LogP contribution in [0, 0.1) is 6.92 Å². The van der Waals surface area contributed by atoms with Gasteiger partial charge in [-0.25, -0.2) is 14.5 Å². The zero-order chi connectivity index (χ0) is 23.2. The smallest absolute Gasteiger partial charge is 0.285 e. The largest absolute Gasteiger partial charge is 0.494 e. The monoisotopic (exact) mass is 458 g/mol. The quantitative estimate of drug-likeness (QED) is 0.413. The molecule has 0 aliphatic carbocycles. The molecule has 1 aliphatic heterocycles. The fourth-order valence-electron chi connectivity index (χ4n) is 4.20. The molecule has 1 saturated heterocycles. The maximum absolute atomic E-state index is 13.8. The summed E-state index contributed by atoms with van der Waals surface area (Å²) in [5.41, 5.74) is 4.61. The van der Waals surface area contributed by atoms with E-state index >= 15 is 0 Å². The molecule has 0 amide bonds. The molecular weight excluding hydrogens is 436 g/mol. The Bertz CT molecular complexity index is 1560. The molecule has 3 aromatic heterocycles. The second-order valence-electron chi connectivity index (χ2n) is 8.17. The molecule has 34 heavy (non-hydrogen) atoms. The fraction of sp³-hybridized carbons (Fsp3) is 0.240. The molecule has 9 heteroatoms. The van der Waals surface area contributed by atoms with Crippen LogP contribution >= 0.6 is 0 Å². The number of rotatable bonds is 6. The van der Waals surface area contributed by atoms with E-state index in [0.717, 1.165) is 16.8 Å². The van der Waals surface area contributed by atoms with Crippen molar-refractivity contribution < 1.29 is 18.6 Å². The third-order valence-corrected chi connectivity index (χ3v) is 5.98. The third kappa shape index (κ3) is 3.28. The van der Waals surface area contributed by atoms with E-state index < -0.39 is 0 Å². The van der Waals surface area contributed by atoms with E-state index in [4.69, 9.17) is 23.6 Å². The highest BCUT2D eigenvalue weighted by atomic mass is 16.6. The van der Waals surface area contributed by atoms with Gasteiger partial charge in [-0.1, -0.05) is 36.4 Å². The number of oxazole rings is 1. The van der Waals surface area contributed by atoms with Gasteiger partial charge >= 0.3 is 0 Å². The number of H-pyrrole nitrogens is 1. The number of aryl methyl sites for hydroxylation is 1. The number of methoxy groups -OCH3 is 1. The molecule has 0 bridgehead atoms. The summed E-state index contributed by atoms with van der Waals surface area (Å²) in [6, 6.07) is 15.2. The Labute approximate surface area is 193 Å². The number of ether oxygens (including phenoxy) is 3. The molecule has 0 spiro atoms. The van der Waals surface area contributed by atoms with Gasteiger partial charge in [0.25, 0.3) is 5.56 Å². The Morgan fingerprint density at radius 2 is 1.91 bits per heavy atom. The fourth-order valence-corrected chi connectivity index (χ4v) is 4.20. The number of benzene rings is 2. The lowest BCUT2D eigenvalue weighted by atomic mass is 10.1. The van der Waals surface area contributed by atoms with Crippen molar-refractivity contribution in [3.8, 4) is 28.3 Å². The predicted octanol–water partition coefficient (Wildman–Crippen LogP) is 3.73. The molecule has 1 aliphatic rings. The van der Waals surface area contributed by atoms with Crippen molar-refractivity contribution in [3.05, 3.63) is 70.3 Å². The lowest BCUT2D eigenvalue weighted by Gasteiger charge is -2.25. The van der Waals surface area contributed by atoms with Crippen molar-refractivity contribution in [2.75, 3.05) is 20.3 Å². The molecule has 6 rings (SSSR count). The zero-order valence-corrected chi connectivity index (χ0v) is 18.7. The van der Waals surface area contributed by atoms with E-state index in [1.165, 1.54) is 4.52 Å². The van der Waals surface area contributed by atoms with Gasteiger partial charge in [0.05, 0.1) is 32.6 Å². The summed E-state index contributed by atoms with van der Waals surface area (Å²) in [5, 5.41) is 3.16. The van der Waals surface area contributed by atoms with Gasteiger partial charge in [-0.2, -0.15) is 0 Å². The number of nitrogens with zero attached hydrogens (tertiary/aromatic N) is 3. The highest BCUT2D eigenvalue weighted by molar-refractivity contribution is 5.83. The second kappa shape index (κ2) is 8.12. The number of aromatic amines is 1. The van der Waals surface area contributed by atoms with Crippen LogP contribution in [0.2, 0.25) is 0 Å². The molecule has 2 aromatic carbocycles. The SMILES string of the molecule is COc1cccc2oc(-c3c(COC4COC4)nc4c(-c5ccccc5)c(C)[nH]n4c3=O)nc12. The second-order valence-corrected chi connectivity index (χ2v) is 8.17. The van der Waals surface area contributed by atoms with Crippen LogP contribution in [0.25, 0.3) is 39.3 Å². The van der Waals surface area contributed by atoms with Crippen molar-refractivity contribution in [2.45, 2.75) is 19.6 Å².